The SMILES string of the molecule is COC(=O)c1ccc2c(Br)c(Br)oc2c1. The van der Waals surface area contributed by atoms with Crippen LogP contribution in [0.15, 0.2) is 31.8 Å². The van der Waals surface area contributed by atoms with Gasteiger partial charge in [-0.2, -0.15) is 0 Å². The molecule has 2 aromatic rings. The summed E-state index contributed by atoms with van der Waals surface area (Å²) in [5.41, 5.74) is 1.11. The van der Waals surface area contributed by atoms with Crippen LogP contribution in [0.1, 0.15) is 10.4 Å². The molecule has 15 heavy (non-hydrogen) atoms. The molecule has 0 saturated carbocycles. The molecule has 0 saturated heterocycles. The highest BCUT2D eigenvalue weighted by atomic mass is 79.9. The number of hydrogen-bond acceptors (Lipinski definition) is 3. The fourth-order valence-corrected chi connectivity index (χ4v) is 2.08. The molecule has 0 aliphatic carbocycles. The molecule has 1 aromatic heterocycles. The Balaban J connectivity index is 2.62. The Bertz CT molecular complexity index is 531. The number of furan rings is 1. The molecule has 5 heteroatoms. The number of carbonyl (C=O) groups excluding carboxylic acids is 1. The summed E-state index contributed by atoms with van der Waals surface area (Å²) in [5.74, 6) is -0.374. The zero-order chi connectivity index (χ0) is 11.0. The smallest absolute Gasteiger partial charge is 0.337 e. The summed E-state index contributed by atoms with van der Waals surface area (Å²) >= 11 is 6.63. The fourth-order valence-electron chi connectivity index (χ4n) is 1.28. The van der Waals surface area contributed by atoms with Gasteiger partial charge < -0.3 is 9.15 Å². The third-order valence-corrected chi connectivity index (χ3v) is 3.89. The maximum Gasteiger partial charge on any atom is 0.337 e. The Morgan fingerprint density at radius 3 is 2.80 bits per heavy atom. The van der Waals surface area contributed by atoms with E-state index in [0.29, 0.717) is 15.8 Å². The number of benzene rings is 1. The van der Waals surface area contributed by atoms with Crippen LogP contribution in [0.3, 0.4) is 0 Å². The van der Waals surface area contributed by atoms with Gasteiger partial charge in [-0.25, -0.2) is 4.79 Å². The molecular formula is C10H6Br2O3. The zero-order valence-corrected chi connectivity index (χ0v) is 10.9. The second-order valence-corrected chi connectivity index (χ2v) is 4.41. The van der Waals surface area contributed by atoms with Crippen molar-refractivity contribution in [3.8, 4) is 0 Å². The van der Waals surface area contributed by atoms with Crippen molar-refractivity contribution in [2.45, 2.75) is 0 Å². The predicted octanol–water partition coefficient (Wildman–Crippen LogP) is 3.74. The Labute approximate surface area is 103 Å². The summed E-state index contributed by atoms with van der Waals surface area (Å²) in [7, 11) is 1.35. The second-order valence-electron chi connectivity index (χ2n) is 2.89. The highest BCUT2D eigenvalue weighted by molar-refractivity contribution is 9.13. The number of methoxy groups -OCH3 is 1. The third-order valence-electron chi connectivity index (χ3n) is 2.01. The molecule has 0 fully saturated rings. The van der Waals surface area contributed by atoms with Crippen molar-refractivity contribution in [3.05, 3.63) is 32.9 Å². The van der Waals surface area contributed by atoms with Gasteiger partial charge >= 0.3 is 5.97 Å². The normalized spacial score (nSPS) is 10.6. The topological polar surface area (TPSA) is 39.4 Å². The van der Waals surface area contributed by atoms with E-state index in [2.05, 4.69) is 36.6 Å². The third kappa shape index (κ3) is 1.81. The molecule has 0 spiro atoms. The highest BCUT2D eigenvalue weighted by Gasteiger charge is 2.12. The summed E-state index contributed by atoms with van der Waals surface area (Å²) in [5, 5.41) is 0.912. The molecule has 0 atom stereocenters. The molecule has 1 heterocycles. The first-order chi connectivity index (χ1) is 7.13. The van der Waals surface area contributed by atoms with Crippen LogP contribution >= 0.6 is 31.9 Å². The summed E-state index contributed by atoms with van der Waals surface area (Å²) in [6.45, 7) is 0. The quantitative estimate of drug-likeness (QED) is 0.746. The van der Waals surface area contributed by atoms with Gasteiger partial charge in [0, 0.05) is 5.39 Å². The monoisotopic (exact) mass is 332 g/mol. The van der Waals surface area contributed by atoms with Crippen LogP contribution in [0.5, 0.6) is 0 Å². The summed E-state index contributed by atoms with van der Waals surface area (Å²) < 4.78 is 11.5. The number of hydrogen-bond donors (Lipinski definition) is 0. The molecule has 0 unspecified atom stereocenters. The van der Waals surface area contributed by atoms with Gasteiger partial charge in [0.25, 0.3) is 0 Å². The van der Waals surface area contributed by atoms with Crippen LogP contribution < -0.4 is 0 Å². The van der Waals surface area contributed by atoms with Gasteiger partial charge in [-0.3, -0.25) is 0 Å². The van der Waals surface area contributed by atoms with Crippen molar-refractivity contribution in [1.82, 2.24) is 0 Å². The zero-order valence-electron chi connectivity index (χ0n) is 7.71. The Morgan fingerprint density at radius 2 is 2.13 bits per heavy atom. The maximum atomic E-state index is 11.3. The van der Waals surface area contributed by atoms with Crippen LogP contribution in [0, 0.1) is 0 Å². The van der Waals surface area contributed by atoms with E-state index in [1.54, 1.807) is 18.2 Å². The number of esters is 1. The lowest BCUT2D eigenvalue weighted by molar-refractivity contribution is 0.0601. The first kappa shape index (κ1) is 10.7. The minimum Gasteiger partial charge on any atom is -0.465 e. The Morgan fingerprint density at radius 1 is 1.40 bits per heavy atom. The predicted molar refractivity (Wildman–Crippen MR) is 63.0 cm³/mol. The van der Waals surface area contributed by atoms with Crippen LogP contribution in [0.2, 0.25) is 0 Å². The summed E-state index contributed by atoms with van der Waals surface area (Å²) in [6, 6.07) is 5.15. The highest BCUT2D eigenvalue weighted by Crippen LogP contribution is 2.34. The first-order valence-electron chi connectivity index (χ1n) is 4.09. The van der Waals surface area contributed by atoms with E-state index >= 15 is 0 Å². The van der Waals surface area contributed by atoms with E-state index in [4.69, 9.17) is 4.42 Å². The van der Waals surface area contributed by atoms with Crippen molar-refractivity contribution < 1.29 is 13.9 Å². The Kier molecular flexibility index (Phi) is 2.84. The molecule has 0 aliphatic rings. The van der Waals surface area contributed by atoms with E-state index in [9.17, 15) is 4.79 Å². The molecule has 78 valence electrons. The van der Waals surface area contributed by atoms with Crippen LogP contribution in [-0.2, 0) is 4.74 Å². The van der Waals surface area contributed by atoms with E-state index in [0.717, 1.165) is 9.86 Å². The molecule has 1 aromatic carbocycles. The molecule has 0 amide bonds. The molecule has 0 aliphatic heterocycles. The lowest BCUT2D eigenvalue weighted by Gasteiger charge is -1.97. The summed E-state index contributed by atoms with van der Waals surface area (Å²) in [4.78, 5) is 11.3. The van der Waals surface area contributed by atoms with Gasteiger partial charge in [0.15, 0.2) is 4.67 Å². The number of ether oxygens (including phenoxy) is 1. The number of rotatable bonds is 1. The second kappa shape index (κ2) is 3.98. The van der Waals surface area contributed by atoms with Gasteiger partial charge in [0.1, 0.15) is 5.58 Å². The number of halogens is 2. The van der Waals surface area contributed by atoms with Gasteiger partial charge in [-0.05, 0) is 50.1 Å². The van der Waals surface area contributed by atoms with Crippen molar-refractivity contribution >= 4 is 48.8 Å². The molecule has 0 radical (unpaired) electrons. The van der Waals surface area contributed by atoms with Crippen molar-refractivity contribution in [1.29, 1.82) is 0 Å². The molecule has 3 nitrogen and oxygen atoms in total. The van der Waals surface area contributed by atoms with E-state index in [-0.39, 0.29) is 5.97 Å². The van der Waals surface area contributed by atoms with E-state index in [1.807, 2.05) is 0 Å². The standard InChI is InChI=1S/C10H6Br2O3/c1-14-10(13)5-2-3-6-7(4-5)15-9(12)8(6)11/h2-4H,1H3. The first-order valence-corrected chi connectivity index (χ1v) is 5.68. The minimum atomic E-state index is -0.374. The van der Waals surface area contributed by atoms with Crippen LogP contribution in [0.4, 0.5) is 0 Å². The van der Waals surface area contributed by atoms with Crippen molar-refractivity contribution in [2.75, 3.05) is 7.11 Å². The van der Waals surface area contributed by atoms with Crippen LogP contribution in [-0.4, -0.2) is 13.1 Å². The lowest BCUT2D eigenvalue weighted by Crippen LogP contribution is -1.99. The molecular weight excluding hydrogens is 328 g/mol. The van der Waals surface area contributed by atoms with E-state index in [1.165, 1.54) is 7.11 Å². The van der Waals surface area contributed by atoms with E-state index < -0.39 is 0 Å². The molecule has 2 rings (SSSR count). The van der Waals surface area contributed by atoms with Crippen molar-refractivity contribution in [3.63, 3.8) is 0 Å². The van der Waals surface area contributed by atoms with Gasteiger partial charge in [-0.15, -0.1) is 0 Å². The minimum absolute atomic E-state index is 0.374. The summed E-state index contributed by atoms with van der Waals surface area (Å²) in [6.07, 6.45) is 0. The lowest BCUT2D eigenvalue weighted by atomic mass is 10.2. The van der Waals surface area contributed by atoms with Crippen LogP contribution in [0.25, 0.3) is 11.0 Å². The van der Waals surface area contributed by atoms with Gasteiger partial charge in [-0.1, -0.05) is 0 Å². The largest absolute Gasteiger partial charge is 0.465 e. The maximum absolute atomic E-state index is 11.3. The average molecular weight is 334 g/mol. The number of carbonyl (C=O) groups is 1. The molecule has 0 N–H and O–H groups in total. The number of fused-ring (bicyclic) bond motifs is 1. The van der Waals surface area contributed by atoms with Gasteiger partial charge in [0.2, 0.25) is 0 Å². The van der Waals surface area contributed by atoms with Gasteiger partial charge in [0.05, 0.1) is 17.1 Å². The van der Waals surface area contributed by atoms with Crippen molar-refractivity contribution in [2.24, 2.45) is 0 Å². The fraction of sp³-hybridized carbons (Fsp3) is 0.100. The Hall–Kier alpha value is -0.810. The average Bonchev–Trinajstić information content (AvgIpc) is 2.53. The molecule has 0 bridgehead atoms.